The van der Waals surface area contributed by atoms with E-state index >= 15 is 0 Å². The van der Waals surface area contributed by atoms with Gasteiger partial charge in [0.1, 0.15) is 0 Å². The van der Waals surface area contributed by atoms with Crippen molar-refractivity contribution < 1.29 is 4.79 Å². The molecule has 0 radical (unpaired) electrons. The summed E-state index contributed by atoms with van der Waals surface area (Å²) in [4.78, 5) is 16.3. The predicted molar refractivity (Wildman–Crippen MR) is 97.4 cm³/mol. The molecule has 124 valence electrons. The van der Waals surface area contributed by atoms with Crippen molar-refractivity contribution in [3.63, 3.8) is 0 Å². The summed E-state index contributed by atoms with van der Waals surface area (Å²) in [6.45, 7) is 7.06. The summed E-state index contributed by atoms with van der Waals surface area (Å²) < 4.78 is 0. The lowest BCUT2D eigenvalue weighted by molar-refractivity contribution is 0.0641. The number of thioether (sulfide) groups is 1. The van der Waals surface area contributed by atoms with E-state index in [9.17, 15) is 4.79 Å². The number of piperidine rings is 1. The van der Waals surface area contributed by atoms with Gasteiger partial charge in [-0.15, -0.1) is 24.2 Å². The summed E-state index contributed by atoms with van der Waals surface area (Å²) in [5.74, 6) is 0.206. The molecule has 0 aromatic heterocycles. The summed E-state index contributed by atoms with van der Waals surface area (Å²) in [5, 5.41) is 3.38. The van der Waals surface area contributed by atoms with Crippen molar-refractivity contribution in [2.75, 3.05) is 25.9 Å². The summed E-state index contributed by atoms with van der Waals surface area (Å²) >= 11 is 1.69. The third kappa shape index (κ3) is 4.64. The van der Waals surface area contributed by atoms with Crippen LogP contribution in [0.2, 0.25) is 0 Å². The molecule has 0 aliphatic carbocycles. The van der Waals surface area contributed by atoms with Crippen LogP contribution in [-0.4, -0.2) is 42.7 Å². The average Bonchev–Trinajstić information content (AvgIpc) is 2.53. The van der Waals surface area contributed by atoms with Gasteiger partial charge in [-0.3, -0.25) is 4.79 Å². The molecular weight excluding hydrogens is 316 g/mol. The van der Waals surface area contributed by atoms with Crippen molar-refractivity contribution in [2.24, 2.45) is 0 Å². The summed E-state index contributed by atoms with van der Waals surface area (Å²) in [5.41, 5.74) is 1.95. The first-order valence-corrected chi connectivity index (χ1v) is 9.06. The maximum Gasteiger partial charge on any atom is 0.254 e. The second kappa shape index (κ2) is 9.43. The van der Waals surface area contributed by atoms with E-state index in [0.717, 1.165) is 54.9 Å². The molecule has 0 spiro atoms. The highest BCUT2D eigenvalue weighted by Gasteiger charge is 2.26. The van der Waals surface area contributed by atoms with Gasteiger partial charge in [-0.05, 0) is 63.2 Å². The Hall–Kier alpha value is -0.710. The highest BCUT2D eigenvalue weighted by Crippen LogP contribution is 2.23. The smallest absolute Gasteiger partial charge is 0.254 e. The maximum absolute atomic E-state index is 13.0. The Bertz CT molecular complexity index is 490. The third-order valence-corrected chi connectivity index (χ3v) is 4.88. The number of aryl methyl sites for hydroxylation is 1. The molecule has 5 heteroatoms. The Kier molecular flexibility index (Phi) is 8.29. The van der Waals surface area contributed by atoms with Crippen LogP contribution in [0.25, 0.3) is 0 Å². The number of hydrogen-bond donors (Lipinski definition) is 1. The van der Waals surface area contributed by atoms with E-state index in [4.69, 9.17) is 0 Å². The number of carbonyl (C=O) groups excluding carboxylic acids is 1. The van der Waals surface area contributed by atoms with Crippen LogP contribution in [0.15, 0.2) is 23.1 Å². The predicted octanol–water partition coefficient (Wildman–Crippen LogP) is 3.74. The molecule has 1 aromatic rings. The van der Waals surface area contributed by atoms with E-state index in [0.29, 0.717) is 6.04 Å². The lowest BCUT2D eigenvalue weighted by Crippen LogP contribution is -2.46. The monoisotopic (exact) mass is 342 g/mol. The van der Waals surface area contributed by atoms with E-state index in [2.05, 4.69) is 35.5 Å². The van der Waals surface area contributed by atoms with Crippen LogP contribution in [0.1, 0.15) is 42.1 Å². The van der Waals surface area contributed by atoms with Gasteiger partial charge in [-0.2, -0.15) is 0 Å². The van der Waals surface area contributed by atoms with Crippen molar-refractivity contribution in [3.8, 4) is 0 Å². The minimum Gasteiger partial charge on any atom is -0.336 e. The van der Waals surface area contributed by atoms with Crippen molar-refractivity contribution in [1.82, 2.24) is 10.2 Å². The fraction of sp³-hybridized carbons (Fsp3) is 0.588. The number of benzene rings is 1. The van der Waals surface area contributed by atoms with E-state index < -0.39 is 0 Å². The standard InChI is InChI=1S/C17H26N2OS.ClH/c1-4-11-19(14-7-9-18-10-8-14)17(20)16-12-15(21-3)6-5-13(16)2;/h5-6,12,14,18H,4,7-11H2,1-3H3;1H. The molecule has 0 bridgehead atoms. The highest BCUT2D eigenvalue weighted by molar-refractivity contribution is 7.98. The van der Waals surface area contributed by atoms with Crippen LogP contribution >= 0.6 is 24.2 Å². The fourth-order valence-corrected chi connectivity index (χ4v) is 3.36. The Morgan fingerprint density at radius 2 is 2.05 bits per heavy atom. The molecule has 1 heterocycles. The summed E-state index contributed by atoms with van der Waals surface area (Å²) in [7, 11) is 0. The number of nitrogens with one attached hydrogen (secondary N) is 1. The topological polar surface area (TPSA) is 32.3 Å². The zero-order chi connectivity index (χ0) is 15.2. The van der Waals surface area contributed by atoms with Crippen LogP contribution in [0.4, 0.5) is 0 Å². The first-order chi connectivity index (χ1) is 10.2. The number of halogens is 1. The maximum atomic E-state index is 13.0. The second-order valence-corrected chi connectivity index (χ2v) is 6.54. The number of amides is 1. The first-order valence-electron chi connectivity index (χ1n) is 7.83. The van der Waals surface area contributed by atoms with Crippen molar-refractivity contribution in [3.05, 3.63) is 29.3 Å². The summed E-state index contributed by atoms with van der Waals surface area (Å²) in [6.07, 6.45) is 5.19. The lowest BCUT2D eigenvalue weighted by atomic mass is 10.0. The highest BCUT2D eigenvalue weighted by atomic mass is 35.5. The molecule has 1 aromatic carbocycles. The normalized spacial score (nSPS) is 15.2. The van der Waals surface area contributed by atoms with E-state index in [1.165, 1.54) is 0 Å². The van der Waals surface area contributed by atoms with Crippen LogP contribution < -0.4 is 5.32 Å². The van der Waals surface area contributed by atoms with Gasteiger partial charge < -0.3 is 10.2 Å². The molecule has 0 unspecified atom stereocenters. The van der Waals surface area contributed by atoms with Crippen molar-refractivity contribution >= 4 is 30.1 Å². The molecule has 1 amide bonds. The average molecular weight is 343 g/mol. The van der Waals surface area contributed by atoms with Gasteiger partial charge in [0.05, 0.1) is 0 Å². The van der Waals surface area contributed by atoms with Crippen LogP contribution in [-0.2, 0) is 0 Å². The lowest BCUT2D eigenvalue weighted by Gasteiger charge is -2.35. The number of rotatable bonds is 5. The molecule has 1 fully saturated rings. The molecule has 1 saturated heterocycles. The fourth-order valence-electron chi connectivity index (χ4n) is 2.92. The summed E-state index contributed by atoms with van der Waals surface area (Å²) in [6, 6.07) is 6.58. The van der Waals surface area contributed by atoms with Gasteiger partial charge in [-0.1, -0.05) is 13.0 Å². The van der Waals surface area contributed by atoms with Gasteiger partial charge in [0, 0.05) is 23.0 Å². The van der Waals surface area contributed by atoms with Crippen LogP contribution in [0.3, 0.4) is 0 Å². The molecule has 0 atom stereocenters. The first kappa shape index (κ1) is 19.3. The van der Waals surface area contributed by atoms with Gasteiger partial charge in [0.15, 0.2) is 0 Å². The molecule has 1 aliphatic rings. The Balaban J connectivity index is 0.00000242. The zero-order valence-corrected chi connectivity index (χ0v) is 15.4. The third-order valence-electron chi connectivity index (χ3n) is 4.15. The molecule has 22 heavy (non-hydrogen) atoms. The second-order valence-electron chi connectivity index (χ2n) is 5.66. The SMILES string of the molecule is CCCN(C(=O)c1cc(SC)ccc1C)C1CCNCC1.Cl. The van der Waals surface area contributed by atoms with Crippen LogP contribution in [0.5, 0.6) is 0 Å². The Morgan fingerprint density at radius 3 is 2.64 bits per heavy atom. The van der Waals surface area contributed by atoms with Gasteiger partial charge in [0.25, 0.3) is 5.91 Å². The van der Waals surface area contributed by atoms with Crippen LogP contribution in [0, 0.1) is 6.92 Å². The number of carbonyl (C=O) groups is 1. The number of hydrogen-bond acceptors (Lipinski definition) is 3. The quantitative estimate of drug-likeness (QED) is 0.827. The van der Waals surface area contributed by atoms with Gasteiger partial charge in [-0.25, -0.2) is 0 Å². The molecule has 2 rings (SSSR count). The molecule has 1 N–H and O–H groups in total. The molecule has 1 aliphatic heterocycles. The van der Waals surface area contributed by atoms with Crippen molar-refractivity contribution in [1.29, 1.82) is 0 Å². The molecular formula is C17H27ClN2OS. The van der Waals surface area contributed by atoms with Gasteiger partial charge >= 0.3 is 0 Å². The van der Waals surface area contributed by atoms with Gasteiger partial charge in [0.2, 0.25) is 0 Å². The van der Waals surface area contributed by atoms with E-state index in [1.807, 2.05) is 13.0 Å². The zero-order valence-electron chi connectivity index (χ0n) is 13.7. The largest absolute Gasteiger partial charge is 0.336 e. The minimum atomic E-state index is 0. The van der Waals surface area contributed by atoms with Crippen molar-refractivity contribution in [2.45, 2.75) is 44.0 Å². The Morgan fingerprint density at radius 1 is 1.36 bits per heavy atom. The Labute approximate surface area is 144 Å². The van der Waals surface area contributed by atoms with E-state index in [1.54, 1.807) is 11.8 Å². The number of nitrogens with zero attached hydrogens (tertiary/aromatic N) is 1. The van der Waals surface area contributed by atoms with E-state index in [-0.39, 0.29) is 18.3 Å². The molecule has 0 saturated carbocycles. The molecule has 3 nitrogen and oxygen atoms in total. The minimum absolute atomic E-state index is 0.